The van der Waals surface area contributed by atoms with Crippen LogP contribution in [0.4, 0.5) is 5.69 Å². The second-order valence-electron chi connectivity index (χ2n) is 4.44. The number of rotatable bonds is 5. The fourth-order valence-electron chi connectivity index (χ4n) is 1.79. The Hall–Kier alpha value is -1.53. The van der Waals surface area contributed by atoms with Gasteiger partial charge in [0, 0.05) is 22.5 Å². The van der Waals surface area contributed by atoms with Gasteiger partial charge in [-0.1, -0.05) is 30.7 Å². The van der Waals surface area contributed by atoms with E-state index in [9.17, 15) is 8.42 Å². The highest BCUT2D eigenvalue weighted by Gasteiger charge is 2.12. The van der Waals surface area contributed by atoms with Crippen LogP contribution in [0.1, 0.15) is 6.92 Å². The summed E-state index contributed by atoms with van der Waals surface area (Å²) < 4.78 is 24.5. The molecule has 0 aliphatic rings. The zero-order valence-corrected chi connectivity index (χ0v) is 12.7. The summed E-state index contributed by atoms with van der Waals surface area (Å²) in [5.41, 5.74) is 7.85. The Morgan fingerprint density at radius 2 is 2.15 bits per heavy atom. The quantitative estimate of drug-likeness (QED) is 0.918. The predicted octanol–water partition coefficient (Wildman–Crippen LogP) is 2.22. The maximum atomic E-state index is 11.5. The largest absolute Gasteiger partial charge is 0.396 e. The molecule has 0 unspecified atom stereocenters. The van der Waals surface area contributed by atoms with Gasteiger partial charge < -0.3 is 5.73 Å². The molecule has 2 aromatic rings. The van der Waals surface area contributed by atoms with Crippen molar-refractivity contribution in [3.05, 3.63) is 35.5 Å². The molecule has 0 spiro atoms. The Morgan fingerprint density at radius 1 is 1.40 bits per heavy atom. The number of nitrogen functional groups attached to an aromatic ring is 1. The Kier molecular flexibility index (Phi) is 4.35. The van der Waals surface area contributed by atoms with Crippen LogP contribution < -0.4 is 5.73 Å². The molecule has 0 bridgehead atoms. The van der Waals surface area contributed by atoms with E-state index in [-0.39, 0.29) is 11.5 Å². The van der Waals surface area contributed by atoms with E-state index in [1.165, 1.54) is 0 Å². The van der Waals surface area contributed by atoms with Crippen molar-refractivity contribution in [3.8, 4) is 11.3 Å². The number of nitrogens with zero attached hydrogens (tertiary/aromatic N) is 2. The molecule has 0 radical (unpaired) electrons. The summed E-state index contributed by atoms with van der Waals surface area (Å²) in [7, 11) is -3.02. The summed E-state index contributed by atoms with van der Waals surface area (Å²) in [6.45, 7) is 1.92. The summed E-state index contributed by atoms with van der Waals surface area (Å²) in [5, 5.41) is 4.93. The maximum Gasteiger partial charge on any atom is 0.151 e. The van der Waals surface area contributed by atoms with E-state index in [4.69, 9.17) is 17.3 Å². The summed E-state index contributed by atoms with van der Waals surface area (Å²) >= 11 is 5.94. The first-order valence-corrected chi connectivity index (χ1v) is 8.40. The third-order valence-corrected chi connectivity index (χ3v) is 4.88. The number of hydrogen-bond acceptors (Lipinski definition) is 4. The Labute approximate surface area is 123 Å². The highest BCUT2D eigenvalue weighted by atomic mass is 35.5. The third-order valence-electron chi connectivity index (χ3n) is 2.96. The minimum absolute atomic E-state index is 0.0552. The van der Waals surface area contributed by atoms with Gasteiger partial charge in [-0.15, -0.1) is 0 Å². The number of aryl methyl sites for hydroxylation is 1. The second-order valence-corrected chi connectivity index (χ2v) is 7.35. The second kappa shape index (κ2) is 5.85. The lowest BCUT2D eigenvalue weighted by Crippen LogP contribution is -2.14. The predicted molar refractivity (Wildman–Crippen MR) is 81.4 cm³/mol. The van der Waals surface area contributed by atoms with E-state index < -0.39 is 9.84 Å². The van der Waals surface area contributed by atoms with E-state index in [0.29, 0.717) is 22.9 Å². The van der Waals surface area contributed by atoms with Crippen molar-refractivity contribution < 1.29 is 8.42 Å². The zero-order valence-electron chi connectivity index (χ0n) is 11.1. The van der Waals surface area contributed by atoms with Crippen LogP contribution in [0.5, 0.6) is 0 Å². The lowest BCUT2D eigenvalue weighted by atomic mass is 10.1. The maximum absolute atomic E-state index is 11.5. The molecule has 7 heteroatoms. The first kappa shape index (κ1) is 14.9. The van der Waals surface area contributed by atoms with Gasteiger partial charge in [0.2, 0.25) is 0 Å². The SMILES string of the molecule is CCS(=O)(=O)CCn1cc(N)c(-c2cccc(Cl)c2)n1. The molecule has 0 aliphatic heterocycles. The van der Waals surface area contributed by atoms with E-state index in [0.717, 1.165) is 5.56 Å². The molecular formula is C13H16ClN3O2S. The van der Waals surface area contributed by atoms with Gasteiger partial charge in [-0.3, -0.25) is 4.68 Å². The highest BCUT2D eigenvalue weighted by Crippen LogP contribution is 2.26. The Morgan fingerprint density at radius 3 is 2.80 bits per heavy atom. The summed E-state index contributed by atoms with van der Waals surface area (Å²) in [5.74, 6) is 0.185. The Bertz CT molecular complexity index is 710. The van der Waals surface area contributed by atoms with Crippen LogP contribution >= 0.6 is 11.6 Å². The van der Waals surface area contributed by atoms with Crippen molar-refractivity contribution in [1.82, 2.24) is 9.78 Å². The van der Waals surface area contributed by atoms with Gasteiger partial charge in [0.15, 0.2) is 9.84 Å². The molecule has 20 heavy (non-hydrogen) atoms. The lowest BCUT2D eigenvalue weighted by molar-refractivity contribution is 0.582. The Balaban J connectivity index is 2.22. The smallest absolute Gasteiger partial charge is 0.151 e. The van der Waals surface area contributed by atoms with Crippen LogP contribution in [0, 0.1) is 0 Å². The molecule has 1 heterocycles. The van der Waals surface area contributed by atoms with Gasteiger partial charge in [-0.25, -0.2) is 8.42 Å². The molecule has 2 rings (SSSR count). The molecule has 108 valence electrons. The molecule has 0 fully saturated rings. The number of halogens is 1. The molecule has 0 saturated carbocycles. The van der Waals surface area contributed by atoms with E-state index >= 15 is 0 Å². The topological polar surface area (TPSA) is 78.0 Å². The number of hydrogen-bond donors (Lipinski definition) is 1. The van der Waals surface area contributed by atoms with Crippen molar-refractivity contribution >= 4 is 27.1 Å². The van der Waals surface area contributed by atoms with Crippen LogP contribution in [-0.2, 0) is 16.4 Å². The van der Waals surface area contributed by atoms with Gasteiger partial charge in [0.1, 0.15) is 5.69 Å². The fourth-order valence-corrected chi connectivity index (χ4v) is 2.73. The summed E-state index contributed by atoms with van der Waals surface area (Å²) in [6.07, 6.45) is 1.64. The molecule has 0 atom stereocenters. The van der Waals surface area contributed by atoms with E-state index in [1.54, 1.807) is 29.9 Å². The molecule has 2 N–H and O–H groups in total. The van der Waals surface area contributed by atoms with Gasteiger partial charge in [0.05, 0.1) is 18.0 Å². The zero-order chi connectivity index (χ0) is 14.8. The van der Waals surface area contributed by atoms with Gasteiger partial charge in [0.25, 0.3) is 0 Å². The van der Waals surface area contributed by atoms with Crippen LogP contribution in [0.3, 0.4) is 0 Å². The van der Waals surface area contributed by atoms with Crippen molar-refractivity contribution in [1.29, 1.82) is 0 Å². The minimum Gasteiger partial charge on any atom is -0.396 e. The van der Waals surface area contributed by atoms with Crippen molar-refractivity contribution in [2.24, 2.45) is 0 Å². The molecule has 0 amide bonds. The highest BCUT2D eigenvalue weighted by molar-refractivity contribution is 7.91. The van der Waals surface area contributed by atoms with Gasteiger partial charge >= 0.3 is 0 Å². The van der Waals surface area contributed by atoms with Crippen molar-refractivity contribution in [2.75, 3.05) is 17.2 Å². The molecule has 0 saturated heterocycles. The minimum atomic E-state index is -3.02. The van der Waals surface area contributed by atoms with Crippen LogP contribution in [0.15, 0.2) is 30.5 Å². The van der Waals surface area contributed by atoms with Gasteiger partial charge in [-0.05, 0) is 12.1 Å². The first-order chi connectivity index (χ1) is 9.41. The summed E-state index contributed by atoms with van der Waals surface area (Å²) in [4.78, 5) is 0. The van der Waals surface area contributed by atoms with E-state index in [2.05, 4.69) is 5.10 Å². The molecule has 0 aliphatic carbocycles. The summed E-state index contributed by atoms with van der Waals surface area (Å²) in [6, 6.07) is 7.22. The number of nitrogens with two attached hydrogens (primary N) is 1. The molecule has 1 aromatic carbocycles. The normalized spacial score (nSPS) is 11.7. The number of sulfone groups is 1. The lowest BCUT2D eigenvalue weighted by Gasteiger charge is -2.02. The third kappa shape index (κ3) is 3.52. The van der Waals surface area contributed by atoms with Crippen LogP contribution in [-0.4, -0.2) is 29.7 Å². The van der Waals surface area contributed by atoms with E-state index in [1.807, 2.05) is 12.1 Å². The number of anilines is 1. The van der Waals surface area contributed by atoms with Crippen molar-refractivity contribution in [3.63, 3.8) is 0 Å². The van der Waals surface area contributed by atoms with Crippen LogP contribution in [0.25, 0.3) is 11.3 Å². The molecule has 1 aromatic heterocycles. The van der Waals surface area contributed by atoms with Gasteiger partial charge in [-0.2, -0.15) is 5.10 Å². The average molecular weight is 314 g/mol. The standard InChI is InChI=1S/C13H16ClN3O2S/c1-2-20(18,19)7-6-17-9-12(15)13(16-17)10-4-3-5-11(14)8-10/h3-5,8-9H,2,6-7,15H2,1H3. The fraction of sp³-hybridized carbons (Fsp3) is 0.308. The molecule has 5 nitrogen and oxygen atoms in total. The number of aromatic nitrogens is 2. The molecular weight excluding hydrogens is 298 g/mol. The number of benzene rings is 1. The monoisotopic (exact) mass is 313 g/mol. The van der Waals surface area contributed by atoms with Crippen molar-refractivity contribution in [2.45, 2.75) is 13.5 Å². The average Bonchev–Trinajstić information content (AvgIpc) is 2.78. The van der Waals surface area contributed by atoms with Crippen LogP contribution in [0.2, 0.25) is 5.02 Å². The first-order valence-electron chi connectivity index (χ1n) is 6.20.